The van der Waals surface area contributed by atoms with Crippen LogP contribution in [0.15, 0.2) is 35.1 Å². The van der Waals surface area contributed by atoms with Crippen molar-refractivity contribution < 1.29 is 23.5 Å². The summed E-state index contributed by atoms with van der Waals surface area (Å²) in [6, 6.07) is 7.35. The van der Waals surface area contributed by atoms with E-state index in [1.807, 2.05) is 19.1 Å². The number of likely N-dealkylation sites (tertiary alicyclic amines) is 1. The second-order valence-corrected chi connectivity index (χ2v) is 5.64. The van der Waals surface area contributed by atoms with Crippen molar-refractivity contribution in [2.45, 2.75) is 19.0 Å². The van der Waals surface area contributed by atoms with Crippen LogP contribution in [0.5, 0.6) is 0 Å². The number of carbonyl (C=O) groups is 2. The summed E-state index contributed by atoms with van der Waals surface area (Å²) >= 11 is 0. The van der Waals surface area contributed by atoms with Gasteiger partial charge in [-0.2, -0.15) is 0 Å². The van der Waals surface area contributed by atoms with E-state index in [4.69, 9.17) is 9.52 Å². The number of amides is 1. The molecule has 1 fully saturated rings. The van der Waals surface area contributed by atoms with Crippen LogP contribution < -0.4 is 0 Å². The Bertz CT molecular complexity index is 756. The SMILES string of the molecule is Cc1ccc(-c2ocnc2C(=O)N2CCC(F)(C(=O)O)C2)cc1. The topological polar surface area (TPSA) is 83.6 Å². The smallest absolute Gasteiger partial charge is 0.343 e. The fraction of sp³-hybridized carbons (Fsp3) is 0.312. The van der Waals surface area contributed by atoms with E-state index in [0.717, 1.165) is 16.9 Å². The molecule has 0 bridgehead atoms. The van der Waals surface area contributed by atoms with Gasteiger partial charge in [0, 0.05) is 18.5 Å². The molecular weight excluding hydrogens is 303 g/mol. The number of oxazole rings is 1. The maximum absolute atomic E-state index is 14.1. The van der Waals surface area contributed by atoms with Crippen LogP contribution in [0.4, 0.5) is 4.39 Å². The van der Waals surface area contributed by atoms with Gasteiger partial charge >= 0.3 is 5.97 Å². The van der Waals surface area contributed by atoms with Gasteiger partial charge in [-0.1, -0.05) is 29.8 Å². The van der Waals surface area contributed by atoms with Gasteiger partial charge in [-0.15, -0.1) is 0 Å². The molecule has 0 radical (unpaired) electrons. The van der Waals surface area contributed by atoms with Crippen LogP contribution in [0.3, 0.4) is 0 Å². The highest BCUT2D eigenvalue weighted by Crippen LogP contribution is 2.30. The molecule has 0 saturated carbocycles. The fourth-order valence-corrected chi connectivity index (χ4v) is 2.58. The van der Waals surface area contributed by atoms with Gasteiger partial charge in [0.1, 0.15) is 0 Å². The summed E-state index contributed by atoms with van der Waals surface area (Å²) in [4.78, 5) is 28.6. The van der Waals surface area contributed by atoms with E-state index in [0.29, 0.717) is 11.3 Å². The van der Waals surface area contributed by atoms with E-state index < -0.39 is 24.1 Å². The second-order valence-electron chi connectivity index (χ2n) is 5.64. The molecule has 0 spiro atoms. The first-order chi connectivity index (χ1) is 10.9. The van der Waals surface area contributed by atoms with Gasteiger partial charge in [0.25, 0.3) is 5.91 Å². The summed E-state index contributed by atoms with van der Waals surface area (Å²) in [5.41, 5.74) is -0.600. The van der Waals surface area contributed by atoms with Crippen LogP contribution in [0.25, 0.3) is 11.3 Å². The third kappa shape index (κ3) is 2.69. The van der Waals surface area contributed by atoms with E-state index in [1.165, 1.54) is 0 Å². The van der Waals surface area contributed by atoms with E-state index >= 15 is 0 Å². The highest BCUT2D eigenvalue weighted by molar-refractivity contribution is 5.98. The molecule has 1 N–H and O–H groups in total. The Kier molecular flexibility index (Phi) is 3.63. The number of benzene rings is 1. The molecule has 2 heterocycles. The second kappa shape index (κ2) is 5.49. The summed E-state index contributed by atoms with van der Waals surface area (Å²) in [5, 5.41) is 8.91. The molecule has 7 heteroatoms. The summed E-state index contributed by atoms with van der Waals surface area (Å²) in [6.45, 7) is 1.48. The molecule has 120 valence electrons. The van der Waals surface area contributed by atoms with Gasteiger partial charge < -0.3 is 14.4 Å². The zero-order chi connectivity index (χ0) is 16.6. The van der Waals surface area contributed by atoms with E-state index in [1.54, 1.807) is 12.1 Å². The minimum atomic E-state index is -2.40. The van der Waals surface area contributed by atoms with Crippen molar-refractivity contribution in [1.82, 2.24) is 9.88 Å². The Hall–Kier alpha value is -2.70. The minimum absolute atomic E-state index is 0.0296. The number of carbonyl (C=O) groups excluding carboxylic acids is 1. The first-order valence-electron chi connectivity index (χ1n) is 7.13. The number of carboxylic acids is 1. The molecule has 23 heavy (non-hydrogen) atoms. The number of hydrogen-bond donors (Lipinski definition) is 1. The van der Waals surface area contributed by atoms with Gasteiger partial charge in [-0.25, -0.2) is 14.2 Å². The Balaban J connectivity index is 1.86. The maximum atomic E-state index is 14.1. The first-order valence-corrected chi connectivity index (χ1v) is 7.13. The quantitative estimate of drug-likeness (QED) is 0.938. The summed E-state index contributed by atoms with van der Waals surface area (Å²) < 4.78 is 19.4. The third-order valence-corrected chi connectivity index (χ3v) is 3.97. The summed E-state index contributed by atoms with van der Waals surface area (Å²) in [5.74, 6) is -1.79. The summed E-state index contributed by atoms with van der Waals surface area (Å²) in [7, 11) is 0. The molecule has 1 aromatic carbocycles. The van der Waals surface area contributed by atoms with Gasteiger partial charge in [0.05, 0.1) is 6.54 Å². The van der Waals surface area contributed by atoms with Crippen molar-refractivity contribution in [2.75, 3.05) is 13.1 Å². The van der Waals surface area contributed by atoms with Crippen molar-refractivity contribution in [3.63, 3.8) is 0 Å². The molecule has 1 unspecified atom stereocenters. The molecule has 1 aromatic heterocycles. The van der Waals surface area contributed by atoms with Gasteiger partial charge in [-0.3, -0.25) is 4.79 Å². The van der Waals surface area contributed by atoms with Gasteiger partial charge in [0.2, 0.25) is 5.67 Å². The number of carboxylic acid groups (broad SMARTS) is 1. The average Bonchev–Trinajstić information content (AvgIpc) is 3.15. The highest BCUT2D eigenvalue weighted by atomic mass is 19.1. The van der Waals surface area contributed by atoms with Crippen LogP contribution in [0.2, 0.25) is 0 Å². The number of nitrogens with zero attached hydrogens (tertiary/aromatic N) is 2. The standard InChI is InChI=1S/C16H15FN2O4/c1-10-2-4-11(5-3-10)13-12(18-9-23-13)14(20)19-7-6-16(17,8-19)15(21)22/h2-5,9H,6-8H2,1H3,(H,21,22). The van der Waals surface area contributed by atoms with Crippen LogP contribution >= 0.6 is 0 Å². The third-order valence-electron chi connectivity index (χ3n) is 3.97. The Labute approximate surface area is 131 Å². The van der Waals surface area contributed by atoms with E-state index in [-0.39, 0.29) is 18.7 Å². The molecule has 6 nitrogen and oxygen atoms in total. The lowest BCUT2D eigenvalue weighted by Crippen LogP contribution is -2.39. The van der Waals surface area contributed by atoms with E-state index in [2.05, 4.69) is 4.98 Å². The first kappa shape index (κ1) is 15.2. The zero-order valence-corrected chi connectivity index (χ0v) is 12.5. The fourth-order valence-electron chi connectivity index (χ4n) is 2.58. The van der Waals surface area contributed by atoms with Crippen LogP contribution in [-0.4, -0.2) is 45.6 Å². The van der Waals surface area contributed by atoms with E-state index in [9.17, 15) is 14.0 Å². The predicted molar refractivity (Wildman–Crippen MR) is 78.7 cm³/mol. The molecular formula is C16H15FN2O4. The molecule has 1 atom stereocenters. The average molecular weight is 318 g/mol. The number of aliphatic carboxylic acids is 1. The van der Waals surface area contributed by atoms with Crippen molar-refractivity contribution in [3.05, 3.63) is 41.9 Å². The molecule has 1 saturated heterocycles. The summed E-state index contributed by atoms with van der Waals surface area (Å²) in [6.07, 6.45) is 0.921. The Morgan fingerprint density at radius 2 is 2.04 bits per heavy atom. The van der Waals surface area contributed by atoms with Crippen molar-refractivity contribution in [3.8, 4) is 11.3 Å². The minimum Gasteiger partial charge on any atom is -0.479 e. The van der Waals surface area contributed by atoms with Crippen LogP contribution in [-0.2, 0) is 4.79 Å². The Morgan fingerprint density at radius 1 is 1.35 bits per heavy atom. The maximum Gasteiger partial charge on any atom is 0.343 e. The lowest BCUT2D eigenvalue weighted by molar-refractivity contribution is -0.149. The molecule has 1 aliphatic rings. The monoisotopic (exact) mass is 318 g/mol. The largest absolute Gasteiger partial charge is 0.479 e. The number of aromatic nitrogens is 1. The number of rotatable bonds is 3. The van der Waals surface area contributed by atoms with Gasteiger partial charge in [-0.05, 0) is 6.92 Å². The molecule has 1 aliphatic heterocycles. The molecule has 1 amide bonds. The predicted octanol–water partition coefficient (Wildman–Crippen LogP) is 2.29. The van der Waals surface area contributed by atoms with Crippen molar-refractivity contribution in [1.29, 1.82) is 0 Å². The Morgan fingerprint density at radius 3 is 2.65 bits per heavy atom. The number of aryl methyl sites for hydroxylation is 1. The lowest BCUT2D eigenvalue weighted by atomic mass is 10.1. The van der Waals surface area contributed by atoms with Crippen LogP contribution in [0.1, 0.15) is 22.5 Å². The molecule has 3 rings (SSSR count). The number of alkyl halides is 1. The van der Waals surface area contributed by atoms with Gasteiger partial charge in [0.15, 0.2) is 17.8 Å². The zero-order valence-electron chi connectivity index (χ0n) is 12.5. The molecule has 0 aliphatic carbocycles. The normalized spacial score (nSPS) is 20.7. The van der Waals surface area contributed by atoms with Crippen LogP contribution in [0, 0.1) is 6.92 Å². The van der Waals surface area contributed by atoms with Crippen molar-refractivity contribution in [2.24, 2.45) is 0 Å². The molecule has 2 aromatic rings. The highest BCUT2D eigenvalue weighted by Gasteiger charge is 2.47. The van der Waals surface area contributed by atoms with Crippen molar-refractivity contribution >= 4 is 11.9 Å². The lowest BCUT2D eigenvalue weighted by Gasteiger charge is -2.17. The number of halogens is 1. The number of hydrogen-bond acceptors (Lipinski definition) is 4.